The second-order valence-corrected chi connectivity index (χ2v) is 6.23. The summed E-state index contributed by atoms with van der Waals surface area (Å²) in [5.74, 6) is 0.508. The molecule has 0 aliphatic carbocycles. The van der Waals surface area contributed by atoms with E-state index in [9.17, 15) is 20.5 Å². The van der Waals surface area contributed by atoms with E-state index >= 15 is 0 Å². The van der Waals surface area contributed by atoms with Crippen molar-refractivity contribution in [1.82, 2.24) is 19.5 Å². The highest BCUT2D eigenvalue weighted by molar-refractivity contribution is 6.00. The fourth-order valence-electron chi connectivity index (χ4n) is 3.27. The Bertz CT molecular complexity index is 924. The molecule has 0 amide bonds. The number of hydrogen-bond donors (Lipinski definition) is 5. The zero-order valence-corrected chi connectivity index (χ0v) is 13.6. The van der Waals surface area contributed by atoms with Crippen LogP contribution in [0.4, 0.5) is 5.82 Å². The zero-order valence-electron chi connectivity index (χ0n) is 13.6. The number of nitrogens with one attached hydrogen (secondary N) is 1. The Hall–Kier alpha value is -2.57. The average molecular weight is 363 g/mol. The molecule has 4 atom stereocenters. The van der Waals surface area contributed by atoms with Gasteiger partial charge in [-0.25, -0.2) is 15.0 Å². The molecule has 0 radical (unpaired) electrons. The van der Waals surface area contributed by atoms with Crippen molar-refractivity contribution in [1.29, 1.82) is 0 Å². The summed E-state index contributed by atoms with van der Waals surface area (Å²) in [6.07, 6.45) is 2.24. The van der Waals surface area contributed by atoms with Gasteiger partial charge in [-0.2, -0.15) is 0 Å². The first-order chi connectivity index (χ1) is 12.5. The summed E-state index contributed by atoms with van der Waals surface area (Å²) in [5.41, 5.74) is 1.12. The van der Waals surface area contributed by atoms with Crippen LogP contribution in [0.15, 0.2) is 29.5 Å². The lowest BCUT2D eigenvalue weighted by Crippen LogP contribution is -2.44. The van der Waals surface area contributed by atoms with Gasteiger partial charge in [0.15, 0.2) is 24.2 Å². The van der Waals surface area contributed by atoms with E-state index in [4.69, 9.17) is 9.15 Å². The lowest BCUT2D eigenvalue weighted by Gasteiger charge is -2.27. The largest absolute Gasteiger partial charge is 0.443 e. The molecule has 11 nitrogen and oxygen atoms in total. The predicted molar refractivity (Wildman–Crippen MR) is 86.1 cm³/mol. The number of ether oxygens (including phenoxy) is 1. The van der Waals surface area contributed by atoms with Crippen molar-refractivity contribution in [3.63, 3.8) is 0 Å². The summed E-state index contributed by atoms with van der Waals surface area (Å²) in [6, 6.07) is 0. The number of aliphatic hydroxyl groups is 3. The van der Waals surface area contributed by atoms with Crippen LogP contribution in [-0.4, -0.2) is 64.5 Å². The Kier molecular flexibility index (Phi) is 3.89. The minimum Gasteiger partial charge on any atom is -0.443 e. The normalized spacial score (nSPS) is 28.7. The van der Waals surface area contributed by atoms with Crippen molar-refractivity contribution in [2.24, 2.45) is 0 Å². The van der Waals surface area contributed by atoms with Gasteiger partial charge in [0.05, 0.1) is 23.8 Å². The summed E-state index contributed by atoms with van der Waals surface area (Å²) in [5, 5.41) is 40.2. The smallest absolute Gasteiger partial charge is 0.181 e. The van der Waals surface area contributed by atoms with Gasteiger partial charge in [-0.15, -0.1) is 0 Å². The van der Waals surface area contributed by atoms with Crippen LogP contribution in [0.5, 0.6) is 0 Å². The number of aromatic nitrogens is 4. The van der Waals surface area contributed by atoms with Crippen LogP contribution >= 0.6 is 0 Å². The van der Waals surface area contributed by atoms with E-state index in [0.717, 1.165) is 0 Å². The summed E-state index contributed by atoms with van der Waals surface area (Å²) in [6.45, 7) is 0.949. The molecule has 5 N–H and O–H groups in total. The fraction of sp³-hybridized carbons (Fsp3) is 0.400. The molecule has 1 fully saturated rings. The standard InChI is InChI=1S/C15H17N5O6/c1-15(23)11(22)9(4-21)26-14(15)20-3-7(8-2-16-6-25-8)10-12(19-24)17-5-18-13(10)20/h2-3,5-6,9,11,14,21-24H,4H2,1H3,(H,17,18,19). The summed E-state index contributed by atoms with van der Waals surface area (Å²) < 4.78 is 12.5. The van der Waals surface area contributed by atoms with E-state index in [1.807, 2.05) is 5.48 Å². The highest BCUT2D eigenvalue weighted by Crippen LogP contribution is 2.42. The molecule has 1 saturated heterocycles. The third kappa shape index (κ3) is 2.29. The molecule has 0 bridgehead atoms. The van der Waals surface area contributed by atoms with Crippen molar-refractivity contribution >= 4 is 16.9 Å². The molecule has 3 aromatic rings. The van der Waals surface area contributed by atoms with Crippen LogP contribution in [0.3, 0.4) is 0 Å². The van der Waals surface area contributed by atoms with Crippen LogP contribution in [-0.2, 0) is 4.74 Å². The predicted octanol–water partition coefficient (Wildman–Crippen LogP) is -0.111. The first-order valence-corrected chi connectivity index (χ1v) is 7.80. The van der Waals surface area contributed by atoms with E-state index in [1.54, 1.807) is 6.20 Å². The quantitative estimate of drug-likeness (QED) is 0.396. The van der Waals surface area contributed by atoms with Crippen molar-refractivity contribution in [2.75, 3.05) is 12.1 Å². The number of oxazole rings is 1. The van der Waals surface area contributed by atoms with Gasteiger partial charge in [0.1, 0.15) is 29.8 Å². The van der Waals surface area contributed by atoms with E-state index in [-0.39, 0.29) is 5.82 Å². The molecule has 138 valence electrons. The van der Waals surface area contributed by atoms with Gasteiger partial charge < -0.3 is 29.0 Å². The molecular formula is C15H17N5O6. The Morgan fingerprint density at radius 1 is 1.38 bits per heavy atom. The molecule has 0 aromatic carbocycles. The second kappa shape index (κ2) is 6.00. The Morgan fingerprint density at radius 2 is 2.19 bits per heavy atom. The molecule has 1 aliphatic heterocycles. The number of nitrogens with zero attached hydrogens (tertiary/aromatic N) is 4. The average Bonchev–Trinajstić information content (AvgIpc) is 3.33. The van der Waals surface area contributed by atoms with Crippen LogP contribution in [0.2, 0.25) is 0 Å². The monoisotopic (exact) mass is 363 g/mol. The molecule has 0 saturated carbocycles. The number of fused-ring (bicyclic) bond motifs is 1. The minimum absolute atomic E-state index is 0.122. The Morgan fingerprint density at radius 3 is 2.81 bits per heavy atom. The zero-order chi connectivity index (χ0) is 18.5. The van der Waals surface area contributed by atoms with E-state index < -0.39 is 30.6 Å². The molecule has 1 aliphatic rings. The van der Waals surface area contributed by atoms with Gasteiger partial charge in [0, 0.05) is 6.20 Å². The fourth-order valence-corrected chi connectivity index (χ4v) is 3.27. The molecule has 4 rings (SSSR count). The SMILES string of the molecule is CC1(O)C(O)C(CO)OC1n1cc(-c2cnco2)c2c(NO)ncnc21. The first-order valence-electron chi connectivity index (χ1n) is 7.80. The van der Waals surface area contributed by atoms with Gasteiger partial charge in [0.2, 0.25) is 0 Å². The number of anilines is 1. The summed E-state index contributed by atoms with van der Waals surface area (Å²) in [4.78, 5) is 12.1. The molecule has 4 unspecified atom stereocenters. The Labute approximate surface area is 146 Å². The Balaban J connectivity index is 1.95. The maximum atomic E-state index is 10.8. The topological polar surface area (TPSA) is 159 Å². The molecule has 3 aromatic heterocycles. The lowest BCUT2D eigenvalue weighted by atomic mass is 9.96. The molecule has 0 spiro atoms. The highest BCUT2D eigenvalue weighted by atomic mass is 16.6. The van der Waals surface area contributed by atoms with Crippen LogP contribution in [0, 0.1) is 0 Å². The van der Waals surface area contributed by atoms with Gasteiger partial charge in [-0.05, 0) is 6.92 Å². The third-order valence-corrected chi connectivity index (χ3v) is 4.60. The first kappa shape index (κ1) is 16.9. The van der Waals surface area contributed by atoms with Crippen molar-refractivity contribution in [2.45, 2.75) is 31.0 Å². The maximum Gasteiger partial charge on any atom is 0.181 e. The number of hydrogen-bond acceptors (Lipinski definition) is 10. The van der Waals surface area contributed by atoms with Gasteiger partial charge in [-0.3, -0.25) is 10.7 Å². The van der Waals surface area contributed by atoms with Gasteiger partial charge in [-0.1, -0.05) is 0 Å². The number of rotatable bonds is 4. The van der Waals surface area contributed by atoms with Gasteiger partial charge >= 0.3 is 0 Å². The van der Waals surface area contributed by atoms with Crippen LogP contribution in [0.1, 0.15) is 13.2 Å². The highest BCUT2D eigenvalue weighted by Gasteiger charge is 2.53. The van der Waals surface area contributed by atoms with Crippen molar-refractivity contribution in [3.05, 3.63) is 25.1 Å². The van der Waals surface area contributed by atoms with Crippen LogP contribution in [0.25, 0.3) is 22.4 Å². The van der Waals surface area contributed by atoms with E-state index in [1.165, 1.54) is 30.4 Å². The minimum atomic E-state index is -1.70. The lowest BCUT2D eigenvalue weighted by molar-refractivity contribution is -0.0948. The van der Waals surface area contributed by atoms with Crippen LogP contribution < -0.4 is 5.48 Å². The molecule has 26 heavy (non-hydrogen) atoms. The third-order valence-electron chi connectivity index (χ3n) is 4.60. The van der Waals surface area contributed by atoms with E-state index in [2.05, 4.69) is 15.0 Å². The number of aliphatic hydroxyl groups excluding tert-OH is 2. The van der Waals surface area contributed by atoms with Crippen molar-refractivity contribution in [3.8, 4) is 11.3 Å². The van der Waals surface area contributed by atoms with Crippen molar-refractivity contribution < 1.29 is 29.7 Å². The summed E-state index contributed by atoms with van der Waals surface area (Å²) in [7, 11) is 0. The summed E-state index contributed by atoms with van der Waals surface area (Å²) >= 11 is 0. The molecular weight excluding hydrogens is 346 g/mol. The van der Waals surface area contributed by atoms with E-state index in [0.29, 0.717) is 22.4 Å². The molecule has 11 heteroatoms. The maximum absolute atomic E-state index is 10.8. The second-order valence-electron chi connectivity index (χ2n) is 6.23. The van der Waals surface area contributed by atoms with Gasteiger partial charge in [0.25, 0.3) is 0 Å². The molecule has 4 heterocycles.